The number of benzene rings is 8. The normalized spacial score (nSPS) is 17.6. The Morgan fingerprint density at radius 2 is 1.13 bits per heavy atom. The summed E-state index contributed by atoms with van der Waals surface area (Å²) in [6.45, 7) is 0. The van der Waals surface area contributed by atoms with Gasteiger partial charge in [-0.3, -0.25) is 0 Å². The van der Waals surface area contributed by atoms with Crippen molar-refractivity contribution in [3.8, 4) is 33.4 Å². The van der Waals surface area contributed by atoms with Crippen molar-refractivity contribution in [2.45, 2.75) is 16.7 Å². The minimum absolute atomic E-state index is 0.278. The minimum Gasteiger partial charge on any atom is -0.309 e. The molecule has 2 atom stereocenters. The van der Waals surface area contributed by atoms with Gasteiger partial charge in [0.1, 0.15) is 0 Å². The summed E-state index contributed by atoms with van der Waals surface area (Å²) in [4.78, 5) is 2.79. The average Bonchev–Trinajstić information content (AvgIpc) is 3.71. The number of nitrogens with zero attached hydrogens (tertiary/aromatic N) is 1. The maximum Gasteiger partial charge on any atom is 0.0689 e. The highest BCUT2D eigenvalue weighted by Gasteiger charge is 2.53. The highest BCUT2D eigenvalue weighted by Crippen LogP contribution is 2.64. The van der Waals surface area contributed by atoms with E-state index in [9.17, 15) is 0 Å². The number of alkyl halides is 1. The Balaban J connectivity index is 1.22. The zero-order valence-electron chi connectivity index (χ0n) is 30.2. The van der Waals surface area contributed by atoms with Gasteiger partial charge in [-0.1, -0.05) is 186 Å². The molecular formula is C53H36BrN. The van der Waals surface area contributed by atoms with Crippen LogP contribution in [0.4, 0.5) is 17.1 Å². The van der Waals surface area contributed by atoms with E-state index in [1.807, 2.05) is 0 Å². The van der Waals surface area contributed by atoms with Crippen LogP contribution in [0.5, 0.6) is 0 Å². The molecule has 3 aliphatic rings. The van der Waals surface area contributed by atoms with E-state index in [1.54, 1.807) is 0 Å². The molecule has 0 amide bonds. The maximum atomic E-state index is 4.03. The van der Waals surface area contributed by atoms with E-state index in [1.165, 1.54) is 77.6 Å². The van der Waals surface area contributed by atoms with Crippen molar-refractivity contribution in [2.24, 2.45) is 0 Å². The molecule has 1 nitrogen and oxygen atoms in total. The van der Waals surface area contributed by atoms with Crippen LogP contribution in [0.15, 0.2) is 206 Å². The standard InChI is InChI=1S/C53H36BrN/c54-39-27-29-44-42-21-9-11-23-47(42)53(49(44)33-39)48-24-12-10-22-43(48)45-30-28-40(34-50(45)53)55(51-25-13-19-36-18-7-8-20-41(36)51)52-31-26-38(35-14-3-1-4-15-35)32-46(52)37-16-5-2-6-17-37/h1-32,34,39H,33H2. The number of hydrogen-bond donors (Lipinski definition) is 0. The molecule has 2 heteroatoms. The quantitative estimate of drug-likeness (QED) is 0.158. The van der Waals surface area contributed by atoms with Gasteiger partial charge >= 0.3 is 0 Å². The van der Waals surface area contributed by atoms with Gasteiger partial charge in [0.15, 0.2) is 0 Å². The molecule has 260 valence electrons. The van der Waals surface area contributed by atoms with Crippen LogP contribution in [-0.2, 0) is 5.41 Å². The summed E-state index contributed by atoms with van der Waals surface area (Å²) >= 11 is 4.03. The second-order valence-electron chi connectivity index (χ2n) is 14.8. The molecule has 0 bridgehead atoms. The van der Waals surface area contributed by atoms with Gasteiger partial charge < -0.3 is 4.90 Å². The number of rotatable bonds is 5. The van der Waals surface area contributed by atoms with Crippen LogP contribution >= 0.6 is 15.9 Å². The fourth-order valence-electron chi connectivity index (χ4n) is 9.71. The number of fused-ring (bicyclic) bond motifs is 10. The van der Waals surface area contributed by atoms with Crippen LogP contribution in [0.1, 0.15) is 28.7 Å². The summed E-state index contributed by atoms with van der Waals surface area (Å²) in [5.74, 6) is 0. The Hall–Kier alpha value is -6.22. The van der Waals surface area contributed by atoms with Gasteiger partial charge in [0.05, 0.1) is 16.8 Å². The smallest absolute Gasteiger partial charge is 0.0689 e. The Labute approximate surface area is 330 Å². The topological polar surface area (TPSA) is 3.24 Å². The Kier molecular flexibility index (Phi) is 7.44. The third-order valence-electron chi connectivity index (χ3n) is 12.0. The average molecular weight is 767 g/mol. The van der Waals surface area contributed by atoms with Crippen LogP contribution in [0, 0.1) is 0 Å². The van der Waals surface area contributed by atoms with E-state index in [4.69, 9.17) is 0 Å². The summed E-state index contributed by atoms with van der Waals surface area (Å²) in [5.41, 5.74) is 18.7. The van der Waals surface area contributed by atoms with Crippen LogP contribution < -0.4 is 4.90 Å². The number of anilines is 3. The van der Waals surface area contributed by atoms with Crippen LogP contribution in [0.3, 0.4) is 0 Å². The molecule has 11 rings (SSSR count). The molecule has 0 aromatic heterocycles. The molecule has 2 unspecified atom stereocenters. The second kappa shape index (κ2) is 12.7. The molecule has 55 heavy (non-hydrogen) atoms. The fourth-order valence-corrected chi connectivity index (χ4v) is 10.2. The Morgan fingerprint density at radius 3 is 1.95 bits per heavy atom. The highest BCUT2D eigenvalue weighted by molar-refractivity contribution is 9.09. The van der Waals surface area contributed by atoms with Gasteiger partial charge in [-0.05, 0) is 103 Å². The monoisotopic (exact) mass is 765 g/mol. The molecule has 0 heterocycles. The number of hydrogen-bond acceptors (Lipinski definition) is 1. The Morgan fingerprint density at radius 1 is 0.473 bits per heavy atom. The van der Waals surface area contributed by atoms with E-state index in [0.717, 1.165) is 23.5 Å². The zero-order chi connectivity index (χ0) is 36.5. The van der Waals surface area contributed by atoms with Gasteiger partial charge in [-0.2, -0.15) is 0 Å². The summed E-state index contributed by atoms with van der Waals surface area (Å²) in [6, 6.07) is 69.6. The van der Waals surface area contributed by atoms with E-state index >= 15 is 0 Å². The van der Waals surface area contributed by atoms with Crippen LogP contribution in [0.25, 0.3) is 49.7 Å². The van der Waals surface area contributed by atoms with E-state index in [2.05, 4.69) is 221 Å². The van der Waals surface area contributed by atoms with Gasteiger partial charge in [0, 0.05) is 21.5 Å². The predicted octanol–water partition coefficient (Wildman–Crippen LogP) is 14.4. The van der Waals surface area contributed by atoms with Crippen molar-refractivity contribution in [3.05, 3.63) is 228 Å². The molecule has 8 aromatic carbocycles. The molecular weight excluding hydrogens is 730 g/mol. The largest absolute Gasteiger partial charge is 0.309 e. The van der Waals surface area contributed by atoms with Crippen molar-refractivity contribution in [3.63, 3.8) is 0 Å². The molecule has 8 aromatic rings. The first-order valence-corrected chi connectivity index (χ1v) is 20.0. The highest BCUT2D eigenvalue weighted by atomic mass is 79.9. The van der Waals surface area contributed by atoms with E-state index in [0.29, 0.717) is 0 Å². The first-order chi connectivity index (χ1) is 27.2. The lowest BCUT2D eigenvalue weighted by Gasteiger charge is -2.35. The second-order valence-corrected chi connectivity index (χ2v) is 16.0. The van der Waals surface area contributed by atoms with Crippen LogP contribution in [-0.4, -0.2) is 4.83 Å². The maximum absolute atomic E-state index is 4.03. The lowest BCUT2D eigenvalue weighted by atomic mass is 9.68. The minimum atomic E-state index is -0.394. The summed E-state index contributed by atoms with van der Waals surface area (Å²) in [5, 5.41) is 2.43. The molecule has 0 saturated heterocycles. The van der Waals surface area contributed by atoms with Crippen molar-refractivity contribution >= 4 is 49.3 Å². The lowest BCUT2D eigenvalue weighted by Crippen LogP contribution is -2.29. The molecule has 0 aliphatic heterocycles. The molecule has 3 aliphatic carbocycles. The SMILES string of the molecule is BrC1C=CC2=C(C1)C1(c3ccccc32)c2ccccc2-c2ccc(N(c3ccc(-c4ccccc4)cc3-c3ccccc3)c3cccc4ccccc34)cc21. The van der Waals surface area contributed by atoms with Gasteiger partial charge in [-0.25, -0.2) is 0 Å². The molecule has 0 N–H and O–H groups in total. The van der Waals surface area contributed by atoms with Gasteiger partial charge in [-0.15, -0.1) is 0 Å². The van der Waals surface area contributed by atoms with E-state index < -0.39 is 5.41 Å². The summed E-state index contributed by atoms with van der Waals surface area (Å²) in [7, 11) is 0. The molecule has 1 spiro atoms. The van der Waals surface area contributed by atoms with Crippen molar-refractivity contribution in [1.29, 1.82) is 0 Å². The van der Waals surface area contributed by atoms with Crippen molar-refractivity contribution in [2.75, 3.05) is 4.90 Å². The van der Waals surface area contributed by atoms with E-state index in [-0.39, 0.29) is 4.83 Å². The van der Waals surface area contributed by atoms with Gasteiger partial charge in [0.2, 0.25) is 0 Å². The third-order valence-corrected chi connectivity index (χ3v) is 12.6. The zero-order valence-corrected chi connectivity index (χ0v) is 31.7. The molecule has 0 saturated carbocycles. The fraction of sp³-hybridized carbons (Fsp3) is 0.0566. The first-order valence-electron chi connectivity index (χ1n) is 19.1. The number of halogens is 1. The Bertz CT molecular complexity index is 2860. The predicted molar refractivity (Wildman–Crippen MR) is 235 cm³/mol. The lowest BCUT2D eigenvalue weighted by molar-refractivity contribution is 0.720. The third kappa shape index (κ3) is 4.84. The summed E-state index contributed by atoms with van der Waals surface area (Å²) in [6.07, 6.45) is 5.63. The van der Waals surface area contributed by atoms with Crippen molar-refractivity contribution < 1.29 is 0 Å². The molecule has 0 fully saturated rings. The van der Waals surface area contributed by atoms with Crippen molar-refractivity contribution in [1.82, 2.24) is 0 Å². The van der Waals surface area contributed by atoms with Gasteiger partial charge in [0.25, 0.3) is 0 Å². The molecule has 0 radical (unpaired) electrons. The van der Waals surface area contributed by atoms with Crippen LogP contribution in [0.2, 0.25) is 0 Å². The summed E-state index contributed by atoms with van der Waals surface area (Å²) < 4.78 is 0. The number of allylic oxidation sites excluding steroid dienone is 4. The first kappa shape index (κ1) is 32.2.